The molecule has 1 amide bonds. The smallest absolute Gasteiger partial charge is 0.284 e. The second kappa shape index (κ2) is 8.76. The van der Waals surface area contributed by atoms with Crippen molar-refractivity contribution >= 4 is 17.7 Å². The van der Waals surface area contributed by atoms with Crippen molar-refractivity contribution < 1.29 is 13.6 Å². The second-order valence-corrected chi connectivity index (χ2v) is 6.86. The van der Waals surface area contributed by atoms with Crippen LogP contribution < -0.4 is 5.32 Å². The second-order valence-electron chi connectivity index (χ2n) is 5.93. The largest absolute Gasteiger partial charge is 0.459 e. The van der Waals surface area contributed by atoms with Crippen LogP contribution in [0.1, 0.15) is 40.0 Å². The molecule has 2 heterocycles. The zero-order valence-electron chi connectivity index (χ0n) is 13.7. The fourth-order valence-electron chi connectivity index (χ4n) is 2.12. The number of furan rings is 1. The summed E-state index contributed by atoms with van der Waals surface area (Å²) in [6.45, 7) is 6.45. The third-order valence-electron chi connectivity index (χ3n) is 3.29. The average Bonchev–Trinajstić information content (AvgIpc) is 3.15. The van der Waals surface area contributed by atoms with E-state index < -0.39 is 0 Å². The maximum Gasteiger partial charge on any atom is 0.284 e. The van der Waals surface area contributed by atoms with Crippen LogP contribution in [-0.2, 0) is 4.79 Å². The molecule has 7 heteroatoms. The van der Waals surface area contributed by atoms with Gasteiger partial charge in [-0.25, -0.2) is 0 Å². The van der Waals surface area contributed by atoms with Crippen LogP contribution in [0.3, 0.4) is 0 Å². The van der Waals surface area contributed by atoms with Gasteiger partial charge in [-0.1, -0.05) is 38.5 Å². The molecule has 0 bridgehead atoms. The molecule has 126 valence electrons. The van der Waals surface area contributed by atoms with Crippen molar-refractivity contribution in [3.63, 3.8) is 0 Å². The standard InChI is InChI=1S/C16H23N3O3S/c1-11(2)6-4-7-12(3)17-14(20)10-23-16-19-18-15(22-16)13-8-5-9-21-13/h5,8-9,11-12H,4,6-7,10H2,1-3H3,(H,17,20)/t12-/m0/s1. The maximum atomic E-state index is 11.9. The summed E-state index contributed by atoms with van der Waals surface area (Å²) in [5.74, 6) is 1.78. The number of carbonyl (C=O) groups excluding carboxylic acids is 1. The molecule has 0 unspecified atom stereocenters. The van der Waals surface area contributed by atoms with Crippen molar-refractivity contribution in [3.8, 4) is 11.7 Å². The summed E-state index contributed by atoms with van der Waals surface area (Å²) in [5, 5.41) is 11.1. The zero-order chi connectivity index (χ0) is 16.7. The summed E-state index contributed by atoms with van der Waals surface area (Å²) >= 11 is 1.22. The van der Waals surface area contributed by atoms with Crippen LogP contribution in [0.15, 0.2) is 32.5 Å². The van der Waals surface area contributed by atoms with Crippen LogP contribution in [0.25, 0.3) is 11.7 Å². The molecule has 2 rings (SSSR count). The number of hydrogen-bond donors (Lipinski definition) is 1. The highest BCUT2D eigenvalue weighted by Gasteiger charge is 2.13. The van der Waals surface area contributed by atoms with Gasteiger partial charge in [0, 0.05) is 6.04 Å². The molecule has 2 aromatic rings. The van der Waals surface area contributed by atoms with E-state index in [1.165, 1.54) is 18.2 Å². The number of amides is 1. The Hall–Kier alpha value is -1.76. The van der Waals surface area contributed by atoms with Crippen molar-refractivity contribution in [3.05, 3.63) is 18.4 Å². The topological polar surface area (TPSA) is 81.2 Å². The van der Waals surface area contributed by atoms with Crippen molar-refractivity contribution in [2.45, 2.75) is 51.3 Å². The van der Waals surface area contributed by atoms with E-state index >= 15 is 0 Å². The van der Waals surface area contributed by atoms with Crippen molar-refractivity contribution in [1.82, 2.24) is 15.5 Å². The van der Waals surface area contributed by atoms with Gasteiger partial charge in [0.2, 0.25) is 5.91 Å². The van der Waals surface area contributed by atoms with Gasteiger partial charge in [-0.15, -0.1) is 10.2 Å². The summed E-state index contributed by atoms with van der Waals surface area (Å²) in [4.78, 5) is 11.9. The minimum Gasteiger partial charge on any atom is -0.459 e. The molecule has 0 aromatic carbocycles. The molecule has 0 fully saturated rings. The van der Waals surface area contributed by atoms with Gasteiger partial charge in [0.05, 0.1) is 12.0 Å². The molecule has 0 saturated carbocycles. The molecular weight excluding hydrogens is 314 g/mol. The predicted octanol–water partition coefficient (Wildman–Crippen LogP) is 3.75. The molecule has 0 aliphatic rings. The van der Waals surface area contributed by atoms with E-state index in [-0.39, 0.29) is 17.7 Å². The number of rotatable bonds is 9. The first-order valence-corrected chi connectivity index (χ1v) is 8.82. The number of thioether (sulfide) groups is 1. The molecule has 23 heavy (non-hydrogen) atoms. The zero-order valence-corrected chi connectivity index (χ0v) is 14.6. The van der Waals surface area contributed by atoms with Crippen LogP contribution >= 0.6 is 11.8 Å². The minimum atomic E-state index is -0.0233. The van der Waals surface area contributed by atoms with Gasteiger partial charge >= 0.3 is 0 Å². The highest BCUT2D eigenvalue weighted by Crippen LogP contribution is 2.23. The monoisotopic (exact) mass is 337 g/mol. The van der Waals surface area contributed by atoms with E-state index in [4.69, 9.17) is 8.83 Å². The molecule has 0 saturated heterocycles. The molecule has 0 spiro atoms. The maximum absolute atomic E-state index is 11.9. The molecular formula is C16H23N3O3S. The summed E-state index contributed by atoms with van der Waals surface area (Å²) in [5.41, 5.74) is 0. The first kappa shape index (κ1) is 17.6. The normalized spacial score (nSPS) is 12.5. The number of aromatic nitrogens is 2. The van der Waals surface area contributed by atoms with E-state index in [0.29, 0.717) is 22.8 Å². The van der Waals surface area contributed by atoms with Gasteiger partial charge in [0.15, 0.2) is 5.76 Å². The van der Waals surface area contributed by atoms with Gasteiger partial charge in [0.1, 0.15) is 0 Å². The summed E-state index contributed by atoms with van der Waals surface area (Å²) in [6.07, 6.45) is 4.85. The van der Waals surface area contributed by atoms with Crippen molar-refractivity contribution in [1.29, 1.82) is 0 Å². The van der Waals surface area contributed by atoms with Crippen LogP contribution in [0.5, 0.6) is 0 Å². The van der Waals surface area contributed by atoms with Gasteiger partial charge in [-0.2, -0.15) is 0 Å². The molecule has 2 aromatic heterocycles. The first-order chi connectivity index (χ1) is 11.0. The number of hydrogen-bond acceptors (Lipinski definition) is 6. The van der Waals surface area contributed by atoms with Gasteiger partial charge < -0.3 is 14.2 Å². The quantitative estimate of drug-likeness (QED) is 0.702. The Morgan fingerprint density at radius 3 is 2.83 bits per heavy atom. The number of nitrogens with zero attached hydrogens (tertiary/aromatic N) is 2. The van der Waals surface area contributed by atoms with E-state index in [0.717, 1.165) is 12.8 Å². The lowest BCUT2D eigenvalue weighted by Gasteiger charge is -2.14. The Morgan fingerprint density at radius 1 is 1.30 bits per heavy atom. The van der Waals surface area contributed by atoms with Crippen LogP contribution in [0.4, 0.5) is 0 Å². The first-order valence-electron chi connectivity index (χ1n) is 7.84. The summed E-state index contributed by atoms with van der Waals surface area (Å²) < 4.78 is 10.6. The fraction of sp³-hybridized carbons (Fsp3) is 0.562. The third-order valence-corrected chi connectivity index (χ3v) is 4.11. The highest BCUT2D eigenvalue weighted by atomic mass is 32.2. The van der Waals surface area contributed by atoms with Crippen LogP contribution in [-0.4, -0.2) is 27.9 Å². The van der Waals surface area contributed by atoms with E-state index in [9.17, 15) is 4.79 Å². The van der Waals surface area contributed by atoms with E-state index in [1.807, 2.05) is 6.92 Å². The number of carbonyl (C=O) groups is 1. The molecule has 6 nitrogen and oxygen atoms in total. The van der Waals surface area contributed by atoms with Gasteiger partial charge in [0.25, 0.3) is 11.1 Å². The third kappa shape index (κ3) is 6.09. The molecule has 1 N–H and O–H groups in total. The molecule has 0 aliphatic carbocycles. The molecule has 0 radical (unpaired) electrons. The van der Waals surface area contributed by atoms with Gasteiger partial charge in [-0.3, -0.25) is 4.79 Å². The summed E-state index contributed by atoms with van der Waals surface area (Å²) in [6, 6.07) is 3.68. The molecule has 1 atom stereocenters. The lowest BCUT2D eigenvalue weighted by molar-refractivity contribution is -0.119. The SMILES string of the molecule is CC(C)CCC[C@H](C)NC(=O)CSc1nnc(-c2ccco2)o1. The van der Waals surface area contributed by atoms with E-state index in [2.05, 4.69) is 29.4 Å². The Bertz CT molecular complexity index is 595. The van der Waals surface area contributed by atoms with Gasteiger partial charge in [-0.05, 0) is 31.4 Å². The van der Waals surface area contributed by atoms with Crippen LogP contribution in [0, 0.1) is 5.92 Å². The predicted molar refractivity (Wildman–Crippen MR) is 89.0 cm³/mol. The fourth-order valence-corrected chi connectivity index (χ4v) is 2.69. The average molecular weight is 337 g/mol. The summed E-state index contributed by atoms with van der Waals surface area (Å²) in [7, 11) is 0. The Morgan fingerprint density at radius 2 is 2.13 bits per heavy atom. The molecule has 0 aliphatic heterocycles. The Balaban J connectivity index is 1.70. The van der Waals surface area contributed by atoms with E-state index in [1.54, 1.807) is 18.4 Å². The number of nitrogens with one attached hydrogen (secondary N) is 1. The van der Waals surface area contributed by atoms with Crippen LogP contribution in [0.2, 0.25) is 0 Å². The lowest BCUT2D eigenvalue weighted by atomic mass is 10.0. The lowest BCUT2D eigenvalue weighted by Crippen LogP contribution is -2.33. The Kier molecular flexibility index (Phi) is 6.70. The van der Waals surface area contributed by atoms with Crippen molar-refractivity contribution in [2.75, 3.05) is 5.75 Å². The van der Waals surface area contributed by atoms with Crippen molar-refractivity contribution in [2.24, 2.45) is 5.92 Å². The minimum absolute atomic E-state index is 0.0233. The Labute approximate surface area is 140 Å². The highest BCUT2D eigenvalue weighted by molar-refractivity contribution is 7.99.